The maximum atomic E-state index is 13.6. The molecule has 0 amide bonds. The summed E-state index contributed by atoms with van der Waals surface area (Å²) in [5.74, 6) is -1.08. The van der Waals surface area contributed by atoms with E-state index in [0.717, 1.165) is 0 Å². The molecule has 0 spiro atoms. The van der Waals surface area contributed by atoms with E-state index < -0.39 is 14.9 Å². The molecule has 0 aliphatic rings. The van der Waals surface area contributed by atoms with Gasteiger partial charge in [0.05, 0.1) is 7.11 Å². The third kappa shape index (κ3) is 2.65. The fourth-order valence-corrected chi connectivity index (χ4v) is 2.32. The van der Waals surface area contributed by atoms with E-state index in [1.54, 1.807) is 0 Å². The van der Waals surface area contributed by atoms with Gasteiger partial charge in [-0.15, -0.1) is 0 Å². The normalized spacial score (nSPS) is 11.9. The van der Waals surface area contributed by atoms with Gasteiger partial charge in [0.1, 0.15) is 4.90 Å². The summed E-state index contributed by atoms with van der Waals surface area (Å²) in [5, 5.41) is 0. The second kappa shape index (κ2) is 4.59. The molecule has 6 heteroatoms. The van der Waals surface area contributed by atoms with Gasteiger partial charge in [-0.1, -0.05) is 13.8 Å². The van der Waals surface area contributed by atoms with Gasteiger partial charge in [0.25, 0.3) is 9.05 Å². The van der Waals surface area contributed by atoms with Crippen LogP contribution in [0, 0.1) is 5.82 Å². The third-order valence-corrected chi connectivity index (χ3v) is 3.49. The molecule has 90 valence electrons. The molecule has 16 heavy (non-hydrogen) atoms. The molecule has 3 nitrogen and oxygen atoms in total. The minimum Gasteiger partial charge on any atom is -0.492 e. The van der Waals surface area contributed by atoms with E-state index in [1.165, 1.54) is 19.2 Å². The first-order valence-corrected chi connectivity index (χ1v) is 6.90. The van der Waals surface area contributed by atoms with E-state index in [2.05, 4.69) is 0 Å². The molecule has 0 bridgehead atoms. The first kappa shape index (κ1) is 13.3. The SMILES string of the molecule is COc1c(F)cc(C(C)C)cc1S(=O)(=O)Cl. The average molecular weight is 267 g/mol. The zero-order chi connectivity index (χ0) is 12.5. The summed E-state index contributed by atoms with van der Waals surface area (Å²) in [7, 11) is 2.39. The molecule has 0 N–H and O–H groups in total. The molecule has 0 radical (unpaired) electrons. The molecule has 1 rings (SSSR count). The molecular weight excluding hydrogens is 255 g/mol. The van der Waals surface area contributed by atoms with Crippen molar-refractivity contribution in [3.63, 3.8) is 0 Å². The number of halogens is 2. The lowest BCUT2D eigenvalue weighted by molar-refractivity contribution is 0.374. The van der Waals surface area contributed by atoms with Crippen molar-refractivity contribution in [3.8, 4) is 5.75 Å². The Morgan fingerprint density at radius 2 is 1.94 bits per heavy atom. The Balaban J connectivity index is 3.56. The van der Waals surface area contributed by atoms with Crippen molar-refractivity contribution in [1.29, 1.82) is 0 Å². The lowest BCUT2D eigenvalue weighted by Gasteiger charge is -2.11. The molecule has 0 unspecified atom stereocenters. The minimum absolute atomic E-state index is 0.00225. The highest BCUT2D eigenvalue weighted by Gasteiger charge is 2.22. The number of benzene rings is 1. The smallest absolute Gasteiger partial charge is 0.265 e. The number of hydrogen-bond acceptors (Lipinski definition) is 3. The molecule has 0 fully saturated rings. The summed E-state index contributed by atoms with van der Waals surface area (Å²) in [6.07, 6.45) is 0. The predicted octanol–water partition coefficient (Wildman–Crippen LogP) is 2.89. The highest BCUT2D eigenvalue weighted by molar-refractivity contribution is 8.13. The van der Waals surface area contributed by atoms with Crippen LogP contribution in [0.1, 0.15) is 25.3 Å². The van der Waals surface area contributed by atoms with Gasteiger partial charge in [-0.05, 0) is 23.6 Å². The first-order valence-electron chi connectivity index (χ1n) is 4.59. The minimum atomic E-state index is -4.02. The van der Waals surface area contributed by atoms with Gasteiger partial charge in [-0.3, -0.25) is 0 Å². The van der Waals surface area contributed by atoms with E-state index in [0.29, 0.717) is 5.56 Å². The van der Waals surface area contributed by atoms with Crippen LogP contribution in [0.5, 0.6) is 5.75 Å². The highest BCUT2D eigenvalue weighted by atomic mass is 35.7. The fourth-order valence-electron chi connectivity index (χ4n) is 1.30. The molecule has 0 atom stereocenters. The Hall–Kier alpha value is -0.810. The molecule has 1 aromatic rings. The van der Waals surface area contributed by atoms with E-state index in [-0.39, 0.29) is 16.6 Å². The second-order valence-corrected chi connectivity index (χ2v) is 6.16. The monoisotopic (exact) mass is 266 g/mol. The summed E-state index contributed by atoms with van der Waals surface area (Å²) < 4.78 is 40.8. The second-order valence-electron chi connectivity index (χ2n) is 3.63. The summed E-state index contributed by atoms with van der Waals surface area (Å²) in [6.45, 7) is 3.65. The maximum Gasteiger partial charge on any atom is 0.265 e. The first-order chi connectivity index (χ1) is 7.27. The van der Waals surface area contributed by atoms with E-state index >= 15 is 0 Å². The van der Waals surface area contributed by atoms with Crippen molar-refractivity contribution >= 4 is 19.7 Å². The molecule has 0 saturated carbocycles. The molecule has 0 heterocycles. The Morgan fingerprint density at radius 3 is 2.31 bits per heavy atom. The quantitative estimate of drug-likeness (QED) is 0.790. The number of ether oxygens (including phenoxy) is 1. The van der Waals surface area contributed by atoms with E-state index in [1.807, 2.05) is 13.8 Å². The Kier molecular flexibility index (Phi) is 3.80. The van der Waals surface area contributed by atoms with Crippen molar-refractivity contribution in [1.82, 2.24) is 0 Å². The Bertz CT molecular complexity index is 497. The number of hydrogen-bond donors (Lipinski definition) is 0. The Morgan fingerprint density at radius 1 is 1.38 bits per heavy atom. The summed E-state index contributed by atoms with van der Waals surface area (Å²) in [4.78, 5) is -0.333. The topological polar surface area (TPSA) is 43.4 Å². The zero-order valence-electron chi connectivity index (χ0n) is 9.12. The molecule has 1 aromatic carbocycles. The van der Waals surface area contributed by atoms with Crippen LogP contribution in [0.2, 0.25) is 0 Å². The van der Waals surface area contributed by atoms with E-state index in [4.69, 9.17) is 15.4 Å². The summed E-state index contributed by atoms with van der Waals surface area (Å²) in [6, 6.07) is 2.57. The molecule has 0 aromatic heterocycles. The maximum absolute atomic E-state index is 13.6. The van der Waals surface area contributed by atoms with Crippen LogP contribution in [0.15, 0.2) is 17.0 Å². The highest BCUT2D eigenvalue weighted by Crippen LogP contribution is 2.33. The van der Waals surface area contributed by atoms with E-state index in [9.17, 15) is 12.8 Å². The van der Waals surface area contributed by atoms with Gasteiger partial charge in [0.15, 0.2) is 11.6 Å². The Labute approximate surface area is 98.6 Å². The van der Waals surface area contributed by atoms with Gasteiger partial charge in [-0.2, -0.15) is 0 Å². The van der Waals surface area contributed by atoms with Crippen molar-refractivity contribution in [2.75, 3.05) is 7.11 Å². The molecule has 0 aliphatic heterocycles. The van der Waals surface area contributed by atoms with Crippen LogP contribution in [-0.4, -0.2) is 15.5 Å². The van der Waals surface area contributed by atoms with Gasteiger partial charge in [-0.25, -0.2) is 12.8 Å². The van der Waals surface area contributed by atoms with Crippen LogP contribution >= 0.6 is 10.7 Å². The van der Waals surface area contributed by atoms with Crippen LogP contribution in [0.4, 0.5) is 4.39 Å². The summed E-state index contributed by atoms with van der Waals surface area (Å²) in [5.41, 5.74) is 0.553. The lowest BCUT2D eigenvalue weighted by Crippen LogP contribution is -2.01. The average Bonchev–Trinajstić information content (AvgIpc) is 2.14. The summed E-state index contributed by atoms with van der Waals surface area (Å²) >= 11 is 0. The standard InChI is InChI=1S/C10H12ClFO3S/c1-6(2)7-4-8(12)10(15-3)9(5-7)16(11,13)14/h4-6H,1-3H3. The van der Waals surface area contributed by atoms with Crippen molar-refractivity contribution < 1.29 is 17.5 Å². The predicted molar refractivity (Wildman–Crippen MR) is 60.1 cm³/mol. The number of rotatable bonds is 3. The number of methoxy groups -OCH3 is 1. The zero-order valence-corrected chi connectivity index (χ0v) is 10.7. The van der Waals surface area contributed by atoms with Gasteiger partial charge < -0.3 is 4.74 Å². The largest absolute Gasteiger partial charge is 0.492 e. The molecule has 0 aliphatic carbocycles. The van der Waals surface area contributed by atoms with Gasteiger partial charge >= 0.3 is 0 Å². The van der Waals surface area contributed by atoms with Crippen molar-refractivity contribution in [3.05, 3.63) is 23.5 Å². The van der Waals surface area contributed by atoms with Crippen LogP contribution < -0.4 is 4.74 Å². The van der Waals surface area contributed by atoms with Crippen molar-refractivity contribution in [2.24, 2.45) is 0 Å². The van der Waals surface area contributed by atoms with Crippen LogP contribution in [0.25, 0.3) is 0 Å². The van der Waals surface area contributed by atoms with Gasteiger partial charge in [0.2, 0.25) is 0 Å². The fraction of sp³-hybridized carbons (Fsp3) is 0.400. The van der Waals surface area contributed by atoms with Crippen molar-refractivity contribution in [2.45, 2.75) is 24.7 Å². The van der Waals surface area contributed by atoms with Gasteiger partial charge in [0, 0.05) is 10.7 Å². The molecular formula is C10H12ClFO3S. The molecule has 0 saturated heterocycles. The van der Waals surface area contributed by atoms with Crippen LogP contribution in [0.3, 0.4) is 0 Å². The van der Waals surface area contributed by atoms with Crippen LogP contribution in [-0.2, 0) is 9.05 Å². The lowest BCUT2D eigenvalue weighted by atomic mass is 10.0. The third-order valence-electron chi connectivity index (χ3n) is 2.17.